The number of carboxylic acid groups (broad SMARTS) is 1. The largest absolute Gasteiger partial charge is 0.481 e. The fourth-order valence-electron chi connectivity index (χ4n) is 8.91. The summed E-state index contributed by atoms with van der Waals surface area (Å²) in [7, 11) is 0. The van der Waals surface area contributed by atoms with Gasteiger partial charge in [-0.3, -0.25) is 24.0 Å². The van der Waals surface area contributed by atoms with Crippen molar-refractivity contribution in [3.8, 4) is 0 Å². The van der Waals surface area contributed by atoms with Gasteiger partial charge in [-0.25, -0.2) is 0 Å². The molecule has 8 atom stereocenters. The van der Waals surface area contributed by atoms with E-state index in [1.807, 2.05) is 19.1 Å². The van der Waals surface area contributed by atoms with Crippen molar-refractivity contribution in [1.29, 1.82) is 0 Å². The molecular formula is C35H43NO9. The molecule has 4 N–H and O–H groups in total. The minimum absolute atomic E-state index is 0.0236. The van der Waals surface area contributed by atoms with Gasteiger partial charge in [-0.15, -0.1) is 0 Å². The first kappa shape index (κ1) is 32.8. The van der Waals surface area contributed by atoms with E-state index in [0.717, 1.165) is 24.0 Å². The Kier molecular flexibility index (Phi) is 9.20. The maximum atomic E-state index is 13.5. The zero-order chi connectivity index (χ0) is 32.6. The number of amides is 1. The predicted octanol–water partition coefficient (Wildman–Crippen LogP) is 3.26. The van der Waals surface area contributed by atoms with Gasteiger partial charge in [-0.2, -0.15) is 0 Å². The highest BCUT2D eigenvalue weighted by atomic mass is 16.5. The topological polar surface area (TPSA) is 167 Å². The fourth-order valence-corrected chi connectivity index (χ4v) is 8.91. The number of rotatable bonds is 11. The number of esters is 1. The molecule has 0 aromatic heterocycles. The second-order valence-electron chi connectivity index (χ2n) is 13.7. The summed E-state index contributed by atoms with van der Waals surface area (Å²) in [6, 6.07) is 8.99. The molecular weight excluding hydrogens is 578 g/mol. The van der Waals surface area contributed by atoms with Crippen LogP contribution in [0, 0.1) is 28.6 Å². The molecule has 10 heteroatoms. The van der Waals surface area contributed by atoms with Crippen LogP contribution in [-0.2, 0) is 28.7 Å². The number of ketones is 2. The third kappa shape index (κ3) is 6.14. The van der Waals surface area contributed by atoms with E-state index < -0.39 is 58.7 Å². The van der Waals surface area contributed by atoms with Gasteiger partial charge in [0.15, 0.2) is 12.4 Å². The van der Waals surface area contributed by atoms with E-state index in [-0.39, 0.29) is 62.2 Å². The normalized spacial score (nSPS) is 34.0. The number of hydrogen-bond donors (Lipinski definition) is 4. The van der Waals surface area contributed by atoms with Crippen LogP contribution in [0.15, 0.2) is 54.1 Å². The number of aliphatic hydroxyl groups excluding tert-OH is 1. The number of benzene rings is 1. The number of fused-ring (bicyclic) bond motifs is 5. The van der Waals surface area contributed by atoms with Crippen LogP contribution in [0.1, 0.15) is 76.7 Å². The molecule has 1 amide bonds. The Balaban J connectivity index is 1.14. The van der Waals surface area contributed by atoms with Crippen molar-refractivity contribution in [3.63, 3.8) is 0 Å². The summed E-state index contributed by atoms with van der Waals surface area (Å²) in [5.41, 5.74) is -1.33. The Bertz CT molecular complexity index is 1420. The maximum absolute atomic E-state index is 13.5. The van der Waals surface area contributed by atoms with Crippen molar-refractivity contribution in [2.75, 3.05) is 13.2 Å². The van der Waals surface area contributed by atoms with Crippen molar-refractivity contribution >= 4 is 29.4 Å². The van der Waals surface area contributed by atoms with Gasteiger partial charge in [-0.1, -0.05) is 55.8 Å². The zero-order valence-corrected chi connectivity index (χ0v) is 25.9. The van der Waals surface area contributed by atoms with Crippen molar-refractivity contribution in [2.45, 2.75) is 82.8 Å². The molecule has 1 aromatic rings. The molecule has 0 heterocycles. The van der Waals surface area contributed by atoms with E-state index in [1.54, 1.807) is 36.4 Å². The van der Waals surface area contributed by atoms with Crippen LogP contribution in [0.2, 0.25) is 0 Å². The third-order valence-corrected chi connectivity index (χ3v) is 11.3. The number of Topliss-reactive ketones (excluding diaryl/α,β-unsaturated/α-hetero) is 1. The van der Waals surface area contributed by atoms with Gasteiger partial charge < -0.3 is 25.4 Å². The first-order valence-corrected chi connectivity index (χ1v) is 15.9. The van der Waals surface area contributed by atoms with Gasteiger partial charge in [0.05, 0.1) is 18.9 Å². The lowest BCUT2D eigenvalue weighted by Gasteiger charge is -2.59. The van der Waals surface area contributed by atoms with E-state index in [9.17, 15) is 39.3 Å². The van der Waals surface area contributed by atoms with Crippen molar-refractivity contribution in [3.05, 3.63) is 59.7 Å². The van der Waals surface area contributed by atoms with Gasteiger partial charge in [0, 0.05) is 35.6 Å². The summed E-state index contributed by atoms with van der Waals surface area (Å²) in [6.45, 7) is 3.38. The third-order valence-electron chi connectivity index (χ3n) is 11.3. The smallest absolute Gasteiger partial charge is 0.306 e. The van der Waals surface area contributed by atoms with E-state index in [1.165, 1.54) is 0 Å². The van der Waals surface area contributed by atoms with Crippen molar-refractivity contribution in [1.82, 2.24) is 5.32 Å². The van der Waals surface area contributed by atoms with Crippen LogP contribution in [0.25, 0.3) is 0 Å². The van der Waals surface area contributed by atoms with Gasteiger partial charge in [0.25, 0.3) is 0 Å². The quantitative estimate of drug-likeness (QED) is 0.271. The standard InChI is InChI=1S/C35H43NO9/c1-33-14-12-24(37)17-23(33)8-9-25-26-13-15-35(44,34(26,2)18-27(38)32(25)33)28(39)20-45-31(43)11-10-29(40)36-19-22(16-30(41)42)21-6-4-3-5-7-21/h3-7,12,14,17,22,25-27,32,38,44H,8-11,13,15-16,18-20H2,1-2H3,(H,36,40)(H,41,42)/t22?,25-,26-,27-,32+,33-,34-,35-/m0/s1. The number of carbonyl (C=O) groups excluding carboxylic acids is 4. The maximum Gasteiger partial charge on any atom is 0.306 e. The molecule has 5 rings (SSSR count). The summed E-state index contributed by atoms with van der Waals surface area (Å²) >= 11 is 0. The number of carboxylic acids is 1. The Morgan fingerprint density at radius 1 is 1.09 bits per heavy atom. The van der Waals surface area contributed by atoms with Crippen LogP contribution < -0.4 is 5.32 Å². The molecule has 3 saturated carbocycles. The molecule has 10 nitrogen and oxygen atoms in total. The number of ether oxygens (including phenoxy) is 1. The summed E-state index contributed by atoms with van der Waals surface area (Å²) in [5.74, 6) is -3.37. The molecule has 45 heavy (non-hydrogen) atoms. The van der Waals surface area contributed by atoms with Gasteiger partial charge in [-0.05, 0) is 61.7 Å². The lowest BCUT2D eigenvalue weighted by atomic mass is 9.46. The molecule has 0 spiro atoms. The number of allylic oxidation sites excluding steroid dienone is 4. The minimum atomic E-state index is -1.77. The average molecular weight is 622 g/mol. The van der Waals surface area contributed by atoms with E-state index in [2.05, 4.69) is 12.2 Å². The molecule has 242 valence electrons. The van der Waals surface area contributed by atoms with Crippen molar-refractivity contribution in [2.24, 2.45) is 28.6 Å². The van der Waals surface area contributed by atoms with Crippen LogP contribution in [-0.4, -0.2) is 69.6 Å². The first-order chi connectivity index (χ1) is 21.3. The van der Waals surface area contributed by atoms with Gasteiger partial charge >= 0.3 is 11.9 Å². The highest BCUT2D eigenvalue weighted by Crippen LogP contribution is 2.67. The lowest BCUT2D eigenvalue weighted by molar-refractivity contribution is -0.181. The van der Waals surface area contributed by atoms with Crippen molar-refractivity contribution < 1.29 is 44.0 Å². The minimum Gasteiger partial charge on any atom is -0.481 e. The first-order valence-electron chi connectivity index (χ1n) is 15.9. The number of nitrogens with one attached hydrogen (secondary N) is 1. The van der Waals surface area contributed by atoms with E-state index in [4.69, 9.17) is 4.74 Å². The number of carbonyl (C=O) groups is 5. The van der Waals surface area contributed by atoms with E-state index >= 15 is 0 Å². The highest BCUT2D eigenvalue weighted by Gasteiger charge is 2.68. The lowest BCUT2D eigenvalue weighted by Crippen LogP contribution is -2.61. The Labute approximate surface area is 262 Å². The number of aliphatic carboxylic acids is 1. The second-order valence-corrected chi connectivity index (χ2v) is 13.7. The average Bonchev–Trinajstić information content (AvgIpc) is 3.27. The number of aliphatic hydroxyl groups is 2. The molecule has 0 radical (unpaired) electrons. The molecule has 0 aliphatic heterocycles. The number of hydrogen-bond acceptors (Lipinski definition) is 8. The van der Waals surface area contributed by atoms with Crippen LogP contribution in [0.5, 0.6) is 0 Å². The molecule has 0 bridgehead atoms. The molecule has 1 unspecified atom stereocenters. The fraction of sp³-hybridized carbons (Fsp3) is 0.571. The molecule has 1 aromatic carbocycles. The summed E-state index contributed by atoms with van der Waals surface area (Å²) < 4.78 is 5.22. The SMILES string of the molecule is C[C@]12C=CC(=O)C=C1CC[C@@H]1[C@@H]2[C@@H](O)C[C@@]2(C)[C@H]1CC[C@]2(O)C(=O)COC(=O)CCC(=O)NCC(CC(=O)O)c1ccccc1. The monoisotopic (exact) mass is 621 g/mol. The molecule has 4 aliphatic rings. The van der Waals surface area contributed by atoms with Crippen LogP contribution >= 0.6 is 0 Å². The predicted molar refractivity (Wildman–Crippen MR) is 163 cm³/mol. The summed E-state index contributed by atoms with van der Waals surface area (Å²) in [4.78, 5) is 61.7. The second kappa shape index (κ2) is 12.6. The van der Waals surface area contributed by atoms with E-state index in [0.29, 0.717) is 6.42 Å². The van der Waals surface area contributed by atoms with Crippen LogP contribution in [0.4, 0.5) is 0 Å². The Hall–Kier alpha value is -3.63. The molecule has 4 aliphatic carbocycles. The molecule has 0 saturated heterocycles. The Morgan fingerprint density at radius 3 is 2.53 bits per heavy atom. The van der Waals surface area contributed by atoms with Gasteiger partial charge in [0.1, 0.15) is 5.60 Å². The van der Waals surface area contributed by atoms with Gasteiger partial charge in [0.2, 0.25) is 11.7 Å². The highest BCUT2D eigenvalue weighted by molar-refractivity contribution is 6.01. The summed E-state index contributed by atoms with van der Waals surface area (Å²) in [5, 5.41) is 35.3. The zero-order valence-electron chi connectivity index (χ0n) is 25.9. The molecule has 3 fully saturated rings. The van der Waals surface area contributed by atoms with Crippen LogP contribution in [0.3, 0.4) is 0 Å². The summed E-state index contributed by atoms with van der Waals surface area (Å²) in [6.07, 6.45) is 6.23. The Morgan fingerprint density at radius 2 is 1.82 bits per heavy atom.